The van der Waals surface area contributed by atoms with Crippen LogP contribution < -0.4 is 0 Å². The first-order valence-corrected chi connectivity index (χ1v) is 20.7. The van der Waals surface area contributed by atoms with Crippen LogP contribution in [0.25, 0.3) is 113 Å². The van der Waals surface area contributed by atoms with Crippen molar-refractivity contribution in [1.82, 2.24) is 19.5 Å². The van der Waals surface area contributed by atoms with Gasteiger partial charge >= 0.3 is 0 Å². The summed E-state index contributed by atoms with van der Waals surface area (Å²) in [6, 6.07) is 64.9. The number of benzene rings is 8. The number of nitrogens with zero attached hydrogens (tertiary/aromatic N) is 4. The number of para-hydroxylation sites is 2. The van der Waals surface area contributed by atoms with E-state index in [1.165, 1.54) is 79.0 Å². The van der Waals surface area contributed by atoms with Gasteiger partial charge in [0.15, 0.2) is 17.5 Å². The van der Waals surface area contributed by atoms with Gasteiger partial charge in [-0.3, -0.25) is 0 Å². The van der Waals surface area contributed by atoms with E-state index in [0.29, 0.717) is 17.5 Å². The molecular formula is C51H30N4S2. The molecule has 57 heavy (non-hydrogen) atoms. The van der Waals surface area contributed by atoms with Crippen LogP contribution in [0.15, 0.2) is 182 Å². The molecule has 0 radical (unpaired) electrons. The van der Waals surface area contributed by atoms with E-state index in [1.54, 1.807) is 0 Å². The average Bonchev–Trinajstić information content (AvgIpc) is 3.96. The minimum Gasteiger partial charge on any atom is -0.309 e. The molecule has 0 unspecified atom stereocenters. The molecule has 0 N–H and O–H groups in total. The molecule has 0 bridgehead atoms. The second-order valence-corrected chi connectivity index (χ2v) is 16.5. The maximum atomic E-state index is 5.11. The average molecular weight is 763 g/mol. The van der Waals surface area contributed by atoms with Gasteiger partial charge in [0, 0.05) is 73.5 Å². The summed E-state index contributed by atoms with van der Waals surface area (Å²) in [4.78, 5) is 15.2. The smallest absolute Gasteiger partial charge is 0.164 e. The molecule has 0 fully saturated rings. The van der Waals surface area contributed by atoms with Gasteiger partial charge in [0.1, 0.15) is 0 Å². The summed E-state index contributed by atoms with van der Waals surface area (Å²) in [5, 5.41) is 7.47. The molecule has 4 aromatic heterocycles. The fourth-order valence-electron chi connectivity index (χ4n) is 8.46. The van der Waals surface area contributed by atoms with Gasteiger partial charge in [0.2, 0.25) is 0 Å². The molecule has 0 amide bonds. The molecule has 12 aromatic rings. The van der Waals surface area contributed by atoms with Crippen LogP contribution in [0.1, 0.15) is 0 Å². The van der Waals surface area contributed by atoms with E-state index in [4.69, 9.17) is 15.0 Å². The summed E-state index contributed by atoms with van der Waals surface area (Å²) in [7, 11) is 0. The Hall–Kier alpha value is -6.99. The van der Waals surface area contributed by atoms with Crippen molar-refractivity contribution in [2.45, 2.75) is 0 Å². The second-order valence-electron chi connectivity index (χ2n) is 14.4. The van der Waals surface area contributed by atoms with E-state index < -0.39 is 0 Å². The Bertz CT molecular complexity index is 3410. The largest absolute Gasteiger partial charge is 0.309 e. The molecule has 0 aliphatic carbocycles. The van der Waals surface area contributed by atoms with E-state index in [2.05, 4.69) is 150 Å². The Labute approximate surface area is 335 Å². The molecule has 0 aliphatic heterocycles. The van der Waals surface area contributed by atoms with Gasteiger partial charge in [-0.25, -0.2) is 15.0 Å². The van der Waals surface area contributed by atoms with Gasteiger partial charge in [-0.2, -0.15) is 0 Å². The Morgan fingerprint density at radius 2 is 0.912 bits per heavy atom. The quantitative estimate of drug-likeness (QED) is 0.175. The van der Waals surface area contributed by atoms with Gasteiger partial charge < -0.3 is 4.57 Å². The summed E-state index contributed by atoms with van der Waals surface area (Å²) in [6.45, 7) is 0. The Morgan fingerprint density at radius 3 is 1.61 bits per heavy atom. The number of aromatic nitrogens is 4. The molecule has 4 nitrogen and oxygen atoms in total. The lowest BCUT2D eigenvalue weighted by Gasteiger charge is -2.10. The number of rotatable bonds is 5. The zero-order chi connectivity index (χ0) is 37.5. The number of hydrogen-bond donors (Lipinski definition) is 0. The number of hydrogen-bond acceptors (Lipinski definition) is 5. The minimum atomic E-state index is 0.661. The molecule has 0 aliphatic rings. The van der Waals surface area contributed by atoms with Crippen molar-refractivity contribution in [1.29, 1.82) is 0 Å². The summed E-state index contributed by atoms with van der Waals surface area (Å²) < 4.78 is 7.45. The molecule has 6 heteroatoms. The second kappa shape index (κ2) is 12.8. The van der Waals surface area contributed by atoms with Crippen molar-refractivity contribution in [3.8, 4) is 51.0 Å². The SMILES string of the molecule is c1ccc(-c2nc(-c3ccccc3)nc(-c3cccc4sc5c(-c6ccc7sc8ccc(-n9c%10ccccc%10c%10ccccc%109)cc8c7c6)cccc5c34)n2)cc1. The van der Waals surface area contributed by atoms with Crippen LogP contribution in [-0.4, -0.2) is 19.5 Å². The van der Waals surface area contributed by atoms with Gasteiger partial charge in [-0.15, -0.1) is 22.7 Å². The third kappa shape index (κ3) is 5.15. The molecule has 12 rings (SSSR count). The molecule has 266 valence electrons. The zero-order valence-electron chi connectivity index (χ0n) is 30.4. The van der Waals surface area contributed by atoms with Crippen molar-refractivity contribution in [3.05, 3.63) is 182 Å². The lowest BCUT2D eigenvalue weighted by Crippen LogP contribution is -2.00. The topological polar surface area (TPSA) is 43.6 Å². The Morgan fingerprint density at radius 1 is 0.351 bits per heavy atom. The normalized spacial score (nSPS) is 11.9. The molecule has 0 atom stereocenters. The van der Waals surface area contributed by atoms with E-state index in [-0.39, 0.29) is 0 Å². The molecule has 8 aromatic carbocycles. The predicted octanol–water partition coefficient (Wildman–Crippen LogP) is 14.4. The molecule has 0 saturated heterocycles. The first-order chi connectivity index (χ1) is 28.2. The van der Waals surface area contributed by atoms with Crippen molar-refractivity contribution in [3.63, 3.8) is 0 Å². The van der Waals surface area contributed by atoms with E-state index in [0.717, 1.165) is 16.7 Å². The van der Waals surface area contributed by atoms with E-state index in [9.17, 15) is 0 Å². The molecule has 0 spiro atoms. The van der Waals surface area contributed by atoms with Crippen LogP contribution in [0.3, 0.4) is 0 Å². The first kappa shape index (κ1) is 32.3. The zero-order valence-corrected chi connectivity index (χ0v) is 32.1. The highest BCUT2D eigenvalue weighted by Gasteiger charge is 2.19. The van der Waals surface area contributed by atoms with Crippen LogP contribution in [0.2, 0.25) is 0 Å². The van der Waals surface area contributed by atoms with Gasteiger partial charge in [0.05, 0.1) is 11.0 Å². The molecule has 0 saturated carbocycles. The highest BCUT2D eigenvalue weighted by atomic mass is 32.1. The highest BCUT2D eigenvalue weighted by Crippen LogP contribution is 2.45. The Balaban J connectivity index is 1.03. The Kier molecular flexibility index (Phi) is 7.24. The van der Waals surface area contributed by atoms with Gasteiger partial charge in [-0.1, -0.05) is 133 Å². The van der Waals surface area contributed by atoms with E-state index in [1.807, 2.05) is 59.1 Å². The third-order valence-corrected chi connectivity index (χ3v) is 13.4. The minimum absolute atomic E-state index is 0.661. The predicted molar refractivity (Wildman–Crippen MR) is 242 cm³/mol. The summed E-state index contributed by atoms with van der Waals surface area (Å²) >= 11 is 3.69. The summed E-state index contributed by atoms with van der Waals surface area (Å²) in [5.74, 6) is 1.99. The fraction of sp³-hybridized carbons (Fsp3) is 0. The number of fused-ring (bicyclic) bond motifs is 9. The van der Waals surface area contributed by atoms with Crippen LogP contribution >= 0.6 is 22.7 Å². The van der Waals surface area contributed by atoms with Crippen LogP contribution in [0.5, 0.6) is 0 Å². The van der Waals surface area contributed by atoms with Gasteiger partial charge in [-0.05, 0) is 59.7 Å². The summed E-state index contributed by atoms with van der Waals surface area (Å²) in [5.41, 5.74) is 8.98. The molecule has 4 heterocycles. The van der Waals surface area contributed by atoms with Gasteiger partial charge in [0.25, 0.3) is 0 Å². The lowest BCUT2D eigenvalue weighted by atomic mass is 9.99. The monoisotopic (exact) mass is 762 g/mol. The van der Waals surface area contributed by atoms with Crippen molar-refractivity contribution >= 4 is 84.8 Å². The van der Waals surface area contributed by atoms with Crippen molar-refractivity contribution in [2.75, 3.05) is 0 Å². The van der Waals surface area contributed by atoms with E-state index >= 15 is 0 Å². The highest BCUT2D eigenvalue weighted by molar-refractivity contribution is 7.26. The first-order valence-electron chi connectivity index (χ1n) is 19.0. The number of thiophene rings is 2. The lowest BCUT2D eigenvalue weighted by molar-refractivity contribution is 1.08. The van der Waals surface area contributed by atoms with Crippen molar-refractivity contribution < 1.29 is 0 Å². The maximum Gasteiger partial charge on any atom is 0.164 e. The van der Waals surface area contributed by atoms with Crippen LogP contribution in [0.4, 0.5) is 0 Å². The van der Waals surface area contributed by atoms with Crippen molar-refractivity contribution in [2.24, 2.45) is 0 Å². The fourth-order valence-corrected chi connectivity index (χ4v) is 10.8. The standard InChI is InChI=1S/C51H30N4S2/c1-3-13-31(14-4-1)49-52-50(32-15-5-2-6-16-32)54-51(53-49)39-21-12-24-46-47(39)38-20-11-19-35(48(38)57-46)33-25-27-44-40(29-33)41-30-34(26-28-45(41)56-44)55-42-22-9-7-17-36(42)37-18-8-10-23-43(37)55/h1-30H. The third-order valence-electron chi connectivity index (χ3n) is 11.1. The van der Waals surface area contributed by atoms with Crippen LogP contribution in [0, 0.1) is 0 Å². The summed E-state index contributed by atoms with van der Waals surface area (Å²) in [6.07, 6.45) is 0. The molecular weight excluding hydrogens is 733 g/mol. The van der Waals surface area contributed by atoms with Crippen LogP contribution in [-0.2, 0) is 0 Å². The maximum absolute atomic E-state index is 5.11.